The number of hydrogen-bond acceptors (Lipinski definition) is 6. The number of anilines is 1. The van der Waals surface area contributed by atoms with Crippen LogP contribution >= 0.6 is 11.6 Å². The van der Waals surface area contributed by atoms with Gasteiger partial charge in [-0.25, -0.2) is 9.59 Å². The number of halogens is 1. The van der Waals surface area contributed by atoms with Gasteiger partial charge in [-0.15, -0.1) is 0 Å². The molecule has 2 aliphatic rings. The minimum Gasteiger partial charge on any atom is -0.490 e. The van der Waals surface area contributed by atoms with Crippen molar-refractivity contribution in [3.8, 4) is 11.8 Å². The summed E-state index contributed by atoms with van der Waals surface area (Å²) < 4.78 is 9.00. The van der Waals surface area contributed by atoms with Gasteiger partial charge in [0.15, 0.2) is 0 Å². The number of nitriles is 1. The number of carbonyl (C=O) groups is 1. The van der Waals surface area contributed by atoms with Crippen LogP contribution in [0.15, 0.2) is 46.0 Å². The Bertz CT molecular complexity index is 1600. The Morgan fingerprint density at radius 1 is 1.20 bits per heavy atom. The van der Waals surface area contributed by atoms with E-state index in [1.807, 2.05) is 19.9 Å². The number of aromatic nitrogens is 2. The van der Waals surface area contributed by atoms with Crippen molar-refractivity contribution in [2.75, 3.05) is 25.0 Å². The number of piperidine rings is 1. The Morgan fingerprint density at radius 2 is 1.98 bits per heavy atom. The third kappa shape index (κ3) is 5.58. The van der Waals surface area contributed by atoms with Crippen molar-refractivity contribution in [1.82, 2.24) is 14.0 Å². The van der Waals surface area contributed by atoms with Crippen molar-refractivity contribution >= 4 is 34.2 Å². The smallest absolute Gasteiger partial charge is 0.331 e. The molecule has 2 fully saturated rings. The molecule has 1 aliphatic carbocycles. The number of hydrogen-bond donors (Lipinski definition) is 2. The lowest BCUT2D eigenvalue weighted by Gasteiger charge is -2.37. The molecule has 1 saturated carbocycles. The fourth-order valence-corrected chi connectivity index (χ4v) is 5.45. The molecule has 2 unspecified atom stereocenters. The molecule has 1 aromatic heterocycles. The molecule has 2 amide bonds. The molecular formula is C29H32ClN5O5. The zero-order chi connectivity index (χ0) is 28.6. The Labute approximate surface area is 236 Å². The Hall–Kier alpha value is -3.81. The van der Waals surface area contributed by atoms with Crippen LogP contribution in [-0.4, -0.2) is 51.0 Å². The third-order valence-electron chi connectivity index (χ3n) is 7.61. The summed E-state index contributed by atoms with van der Waals surface area (Å²) in [5, 5.41) is 22.6. The van der Waals surface area contributed by atoms with Gasteiger partial charge in [-0.2, -0.15) is 5.26 Å². The number of aliphatic hydroxyl groups excluding tert-OH is 1. The highest BCUT2D eigenvalue weighted by atomic mass is 35.5. The molecule has 1 saturated heterocycles. The zero-order valence-electron chi connectivity index (χ0n) is 22.5. The lowest BCUT2D eigenvalue weighted by molar-refractivity contribution is 0.0295. The molecule has 210 valence electrons. The van der Waals surface area contributed by atoms with E-state index >= 15 is 0 Å². The Kier molecular flexibility index (Phi) is 7.88. The van der Waals surface area contributed by atoms with Crippen LogP contribution in [0.5, 0.6) is 5.75 Å². The molecule has 5 rings (SSSR count). The second-order valence-electron chi connectivity index (χ2n) is 10.9. The van der Waals surface area contributed by atoms with Gasteiger partial charge in [0.1, 0.15) is 17.9 Å². The normalized spacial score (nSPS) is 19.1. The first-order valence-corrected chi connectivity index (χ1v) is 13.9. The van der Waals surface area contributed by atoms with Crippen molar-refractivity contribution in [3.63, 3.8) is 0 Å². The van der Waals surface area contributed by atoms with Gasteiger partial charge in [0.2, 0.25) is 0 Å². The summed E-state index contributed by atoms with van der Waals surface area (Å²) in [7, 11) is 0. The number of fused-ring (bicyclic) bond motifs is 1. The molecule has 0 radical (unpaired) electrons. The molecule has 1 aliphatic heterocycles. The van der Waals surface area contributed by atoms with E-state index in [2.05, 4.69) is 5.32 Å². The molecule has 0 bridgehead atoms. The van der Waals surface area contributed by atoms with Gasteiger partial charge in [-0.3, -0.25) is 13.9 Å². The number of benzene rings is 2. The van der Waals surface area contributed by atoms with Crippen LogP contribution in [0.2, 0.25) is 5.02 Å². The van der Waals surface area contributed by atoms with Gasteiger partial charge in [0.25, 0.3) is 5.56 Å². The number of nitrogens with zero attached hydrogens (tertiary/aromatic N) is 4. The molecule has 2 aromatic carbocycles. The van der Waals surface area contributed by atoms with E-state index in [-0.39, 0.29) is 53.5 Å². The first-order valence-electron chi connectivity index (χ1n) is 13.5. The quantitative estimate of drug-likeness (QED) is 0.446. The Morgan fingerprint density at radius 3 is 2.62 bits per heavy atom. The van der Waals surface area contributed by atoms with E-state index < -0.39 is 0 Å². The molecule has 2 atom stereocenters. The van der Waals surface area contributed by atoms with E-state index in [0.717, 1.165) is 12.8 Å². The van der Waals surface area contributed by atoms with Crippen molar-refractivity contribution in [2.24, 2.45) is 11.8 Å². The van der Waals surface area contributed by atoms with Gasteiger partial charge in [-0.05, 0) is 62.9 Å². The fraction of sp³-hybridized carbons (Fsp3) is 0.448. The summed E-state index contributed by atoms with van der Waals surface area (Å²) in [6.45, 7) is 4.71. The number of aliphatic hydroxyl groups is 1. The number of urea groups is 1. The molecule has 2 N–H and O–H groups in total. The standard InChI is InChI=1S/C29H32ClN5O5/c1-17(2)35-25-8-6-21(11-23(25)27(37)34(29(35)39)14-18-3-4-18)32-28(38)33-10-9-26(20(15-33)16-36)40-22-7-5-19(13-31)24(30)12-22/h5-8,11-12,17-18,20,26,36H,3-4,9-10,14-16H2,1-2H3,(H,32,38). The number of rotatable bonds is 7. The number of ether oxygens (including phenoxy) is 1. The van der Waals surface area contributed by atoms with Crippen molar-refractivity contribution in [2.45, 2.75) is 51.8 Å². The van der Waals surface area contributed by atoms with Crippen molar-refractivity contribution in [1.29, 1.82) is 5.26 Å². The third-order valence-corrected chi connectivity index (χ3v) is 7.92. The minimum atomic E-state index is -0.354. The second-order valence-corrected chi connectivity index (χ2v) is 11.3. The van der Waals surface area contributed by atoms with E-state index in [9.17, 15) is 19.5 Å². The lowest BCUT2D eigenvalue weighted by atomic mass is 9.95. The van der Waals surface area contributed by atoms with E-state index in [1.54, 1.807) is 45.9 Å². The average Bonchev–Trinajstić information content (AvgIpc) is 3.76. The highest BCUT2D eigenvalue weighted by Gasteiger charge is 2.33. The number of nitrogens with one attached hydrogen (secondary N) is 1. The van der Waals surface area contributed by atoms with Crippen LogP contribution in [0, 0.1) is 23.2 Å². The van der Waals surface area contributed by atoms with E-state index in [1.165, 1.54) is 4.57 Å². The average molecular weight is 566 g/mol. The first-order chi connectivity index (χ1) is 19.2. The summed E-state index contributed by atoms with van der Waals surface area (Å²) in [6, 6.07) is 11.4. The van der Waals surface area contributed by atoms with Crippen LogP contribution in [0.25, 0.3) is 10.9 Å². The van der Waals surface area contributed by atoms with Crippen molar-refractivity contribution < 1.29 is 14.6 Å². The number of carbonyl (C=O) groups excluding carboxylic acids is 1. The maximum Gasteiger partial charge on any atom is 0.331 e. The van der Waals surface area contributed by atoms with Gasteiger partial charge in [-0.1, -0.05) is 11.6 Å². The van der Waals surface area contributed by atoms with Crippen LogP contribution in [-0.2, 0) is 6.54 Å². The molecule has 0 spiro atoms. The SMILES string of the molecule is CC(C)n1c(=O)n(CC2CC2)c(=O)c2cc(NC(=O)N3CCC(Oc4ccc(C#N)c(Cl)c4)C(CO)C3)ccc21. The monoisotopic (exact) mass is 565 g/mol. The molecular weight excluding hydrogens is 534 g/mol. The molecule has 3 aromatic rings. The van der Waals surface area contributed by atoms with Gasteiger partial charge in [0, 0.05) is 49.8 Å². The highest BCUT2D eigenvalue weighted by molar-refractivity contribution is 6.31. The van der Waals surface area contributed by atoms with Crippen LogP contribution in [0.1, 0.15) is 44.7 Å². The highest BCUT2D eigenvalue weighted by Crippen LogP contribution is 2.30. The van der Waals surface area contributed by atoms with Gasteiger partial charge in [0.05, 0.1) is 28.1 Å². The van der Waals surface area contributed by atoms with Crippen LogP contribution in [0.4, 0.5) is 10.5 Å². The van der Waals surface area contributed by atoms with Crippen LogP contribution in [0.3, 0.4) is 0 Å². The zero-order valence-corrected chi connectivity index (χ0v) is 23.2. The Balaban J connectivity index is 1.32. The molecule has 2 heterocycles. The minimum absolute atomic E-state index is 0.138. The van der Waals surface area contributed by atoms with E-state index in [0.29, 0.717) is 53.3 Å². The number of amides is 2. The second kappa shape index (κ2) is 11.4. The van der Waals surface area contributed by atoms with Crippen molar-refractivity contribution in [3.05, 3.63) is 67.8 Å². The molecule has 11 heteroatoms. The summed E-state index contributed by atoms with van der Waals surface area (Å²) in [6.07, 6.45) is 2.18. The largest absolute Gasteiger partial charge is 0.490 e. The number of likely N-dealkylation sites (tertiary alicyclic amines) is 1. The maximum atomic E-state index is 13.3. The molecule has 40 heavy (non-hydrogen) atoms. The summed E-state index contributed by atoms with van der Waals surface area (Å²) >= 11 is 6.12. The topological polar surface area (TPSA) is 130 Å². The summed E-state index contributed by atoms with van der Waals surface area (Å²) in [5.74, 6) is 0.515. The first kappa shape index (κ1) is 27.7. The van der Waals surface area contributed by atoms with Crippen LogP contribution < -0.4 is 21.3 Å². The predicted molar refractivity (Wildman–Crippen MR) is 152 cm³/mol. The van der Waals surface area contributed by atoms with Gasteiger partial charge >= 0.3 is 11.7 Å². The summed E-state index contributed by atoms with van der Waals surface area (Å²) in [4.78, 5) is 41.2. The lowest BCUT2D eigenvalue weighted by Crippen LogP contribution is -2.50. The van der Waals surface area contributed by atoms with Gasteiger partial charge < -0.3 is 20.1 Å². The maximum absolute atomic E-state index is 13.3. The van der Waals surface area contributed by atoms with E-state index in [4.69, 9.17) is 21.6 Å². The fourth-order valence-electron chi connectivity index (χ4n) is 5.24. The summed E-state index contributed by atoms with van der Waals surface area (Å²) in [5.41, 5.74) is 0.687. The molecule has 10 nitrogen and oxygen atoms in total. The predicted octanol–water partition coefficient (Wildman–Crippen LogP) is 3.97.